The predicted octanol–water partition coefficient (Wildman–Crippen LogP) is 1.46. The molecule has 0 spiro atoms. The Morgan fingerprint density at radius 1 is 1.29 bits per heavy atom. The standard InChI is InChI=1S/C12H25NO3S/c1-11(2)12-5-3-7-13(8-6-12)17(15,16)10-4-9-14/h11-12,14H,3-10H2,1-2H3. The molecule has 0 bridgehead atoms. The maximum Gasteiger partial charge on any atom is 0.214 e. The molecule has 0 radical (unpaired) electrons. The van der Waals surface area contributed by atoms with Gasteiger partial charge in [-0.15, -0.1) is 0 Å². The van der Waals surface area contributed by atoms with Gasteiger partial charge in [-0.3, -0.25) is 0 Å². The van der Waals surface area contributed by atoms with E-state index in [1.54, 1.807) is 4.31 Å². The Morgan fingerprint density at radius 3 is 2.59 bits per heavy atom. The highest BCUT2D eigenvalue weighted by Crippen LogP contribution is 2.25. The van der Waals surface area contributed by atoms with E-state index in [1.807, 2.05) is 0 Å². The van der Waals surface area contributed by atoms with Gasteiger partial charge in [-0.25, -0.2) is 12.7 Å². The Bertz CT molecular complexity index is 314. The molecule has 17 heavy (non-hydrogen) atoms. The molecule has 1 aliphatic rings. The third-order valence-electron chi connectivity index (χ3n) is 3.63. The van der Waals surface area contributed by atoms with Crippen molar-refractivity contribution in [3.63, 3.8) is 0 Å². The van der Waals surface area contributed by atoms with E-state index >= 15 is 0 Å². The summed E-state index contributed by atoms with van der Waals surface area (Å²) in [5, 5.41) is 8.72. The van der Waals surface area contributed by atoms with Crippen LogP contribution in [-0.2, 0) is 10.0 Å². The smallest absolute Gasteiger partial charge is 0.214 e. The first-order chi connectivity index (χ1) is 7.97. The molecule has 0 saturated carbocycles. The Labute approximate surface area is 105 Å². The molecule has 0 aromatic rings. The molecule has 4 nitrogen and oxygen atoms in total. The molecule has 0 aromatic heterocycles. The molecule has 1 atom stereocenters. The van der Waals surface area contributed by atoms with Crippen LogP contribution in [0.3, 0.4) is 0 Å². The van der Waals surface area contributed by atoms with Crippen molar-refractivity contribution < 1.29 is 13.5 Å². The Balaban J connectivity index is 2.56. The Hall–Kier alpha value is -0.130. The van der Waals surface area contributed by atoms with Crippen molar-refractivity contribution in [2.24, 2.45) is 11.8 Å². The molecule has 0 aromatic carbocycles. The topological polar surface area (TPSA) is 57.6 Å². The summed E-state index contributed by atoms with van der Waals surface area (Å²) in [5.74, 6) is 1.36. The average Bonchev–Trinajstić information content (AvgIpc) is 2.52. The first-order valence-electron chi connectivity index (χ1n) is 6.56. The molecular weight excluding hydrogens is 238 g/mol. The zero-order chi connectivity index (χ0) is 12.9. The van der Waals surface area contributed by atoms with Gasteiger partial charge >= 0.3 is 0 Å². The van der Waals surface area contributed by atoms with Crippen LogP contribution in [0.4, 0.5) is 0 Å². The van der Waals surface area contributed by atoms with Gasteiger partial charge in [-0.2, -0.15) is 0 Å². The van der Waals surface area contributed by atoms with Crippen molar-refractivity contribution >= 4 is 10.0 Å². The minimum Gasteiger partial charge on any atom is -0.396 e. The Morgan fingerprint density at radius 2 is 2.00 bits per heavy atom. The van der Waals surface area contributed by atoms with Crippen LogP contribution in [0, 0.1) is 11.8 Å². The van der Waals surface area contributed by atoms with Gasteiger partial charge in [-0.05, 0) is 37.5 Å². The fraction of sp³-hybridized carbons (Fsp3) is 1.00. The Kier molecular flexibility index (Phi) is 5.89. The van der Waals surface area contributed by atoms with Crippen LogP contribution >= 0.6 is 0 Å². The summed E-state index contributed by atoms with van der Waals surface area (Å²) in [6.45, 7) is 5.66. The quantitative estimate of drug-likeness (QED) is 0.817. The monoisotopic (exact) mass is 263 g/mol. The van der Waals surface area contributed by atoms with Gasteiger partial charge in [0, 0.05) is 19.7 Å². The molecule has 1 saturated heterocycles. The molecule has 1 unspecified atom stereocenters. The number of hydrogen-bond acceptors (Lipinski definition) is 3. The molecule has 1 heterocycles. The van der Waals surface area contributed by atoms with E-state index in [9.17, 15) is 8.42 Å². The minimum absolute atomic E-state index is 0.0539. The first kappa shape index (κ1) is 14.9. The maximum absolute atomic E-state index is 12.0. The number of hydrogen-bond donors (Lipinski definition) is 1. The van der Waals surface area contributed by atoms with E-state index in [-0.39, 0.29) is 12.4 Å². The second-order valence-electron chi connectivity index (χ2n) is 5.23. The summed E-state index contributed by atoms with van der Waals surface area (Å²) in [5.41, 5.74) is 0. The van der Waals surface area contributed by atoms with Crippen LogP contribution in [0.15, 0.2) is 0 Å². The molecule has 1 aliphatic heterocycles. The van der Waals surface area contributed by atoms with Gasteiger partial charge in [-0.1, -0.05) is 13.8 Å². The van der Waals surface area contributed by atoms with Crippen LogP contribution in [0.25, 0.3) is 0 Å². The van der Waals surface area contributed by atoms with E-state index in [2.05, 4.69) is 13.8 Å². The second-order valence-corrected chi connectivity index (χ2v) is 7.32. The lowest BCUT2D eigenvalue weighted by Gasteiger charge is -2.21. The lowest BCUT2D eigenvalue weighted by molar-refractivity contribution is 0.293. The van der Waals surface area contributed by atoms with Crippen LogP contribution in [-0.4, -0.2) is 43.3 Å². The predicted molar refractivity (Wildman–Crippen MR) is 69.2 cm³/mol. The van der Waals surface area contributed by atoms with Gasteiger partial charge in [0.05, 0.1) is 5.75 Å². The summed E-state index contributed by atoms with van der Waals surface area (Å²) in [4.78, 5) is 0. The summed E-state index contributed by atoms with van der Waals surface area (Å²) in [6.07, 6.45) is 3.40. The van der Waals surface area contributed by atoms with Gasteiger partial charge in [0.25, 0.3) is 0 Å². The zero-order valence-electron chi connectivity index (χ0n) is 10.9. The van der Waals surface area contributed by atoms with Crippen molar-refractivity contribution in [2.75, 3.05) is 25.4 Å². The lowest BCUT2D eigenvalue weighted by atomic mass is 9.89. The molecule has 0 aliphatic carbocycles. The number of rotatable bonds is 5. The third-order valence-corrected chi connectivity index (χ3v) is 5.58. The molecule has 0 amide bonds. The average molecular weight is 263 g/mol. The maximum atomic E-state index is 12.0. The summed E-state index contributed by atoms with van der Waals surface area (Å²) >= 11 is 0. The highest BCUT2D eigenvalue weighted by molar-refractivity contribution is 7.89. The van der Waals surface area contributed by atoms with Crippen molar-refractivity contribution in [3.8, 4) is 0 Å². The number of sulfonamides is 1. The van der Waals surface area contributed by atoms with Crippen molar-refractivity contribution in [2.45, 2.75) is 39.5 Å². The van der Waals surface area contributed by atoms with E-state index < -0.39 is 10.0 Å². The fourth-order valence-electron chi connectivity index (χ4n) is 2.42. The van der Waals surface area contributed by atoms with E-state index in [0.29, 0.717) is 31.3 Å². The number of aliphatic hydroxyl groups excluding tert-OH is 1. The lowest BCUT2D eigenvalue weighted by Crippen LogP contribution is -2.34. The molecule has 1 rings (SSSR count). The molecule has 1 N–H and O–H groups in total. The molecule has 5 heteroatoms. The molecule has 102 valence electrons. The largest absolute Gasteiger partial charge is 0.396 e. The van der Waals surface area contributed by atoms with Crippen molar-refractivity contribution in [1.82, 2.24) is 4.31 Å². The number of nitrogens with zero attached hydrogens (tertiary/aromatic N) is 1. The highest BCUT2D eigenvalue weighted by Gasteiger charge is 2.26. The third kappa shape index (κ3) is 4.56. The highest BCUT2D eigenvalue weighted by atomic mass is 32.2. The van der Waals surface area contributed by atoms with Crippen LogP contribution in [0.1, 0.15) is 39.5 Å². The number of aliphatic hydroxyl groups is 1. The summed E-state index contributed by atoms with van der Waals surface area (Å²) < 4.78 is 25.6. The molecule has 1 fully saturated rings. The minimum atomic E-state index is -3.14. The first-order valence-corrected chi connectivity index (χ1v) is 8.17. The normalized spacial score (nSPS) is 23.9. The van der Waals surface area contributed by atoms with E-state index in [4.69, 9.17) is 5.11 Å². The van der Waals surface area contributed by atoms with E-state index in [0.717, 1.165) is 19.3 Å². The SMILES string of the molecule is CC(C)C1CCCN(S(=O)(=O)CCCO)CC1. The molecular formula is C12H25NO3S. The van der Waals surface area contributed by atoms with Gasteiger partial charge < -0.3 is 5.11 Å². The van der Waals surface area contributed by atoms with Gasteiger partial charge in [0.2, 0.25) is 10.0 Å². The zero-order valence-corrected chi connectivity index (χ0v) is 11.7. The second kappa shape index (κ2) is 6.71. The summed E-state index contributed by atoms with van der Waals surface area (Å²) in [7, 11) is -3.14. The fourth-order valence-corrected chi connectivity index (χ4v) is 3.96. The van der Waals surface area contributed by atoms with Crippen molar-refractivity contribution in [1.29, 1.82) is 0 Å². The van der Waals surface area contributed by atoms with E-state index in [1.165, 1.54) is 0 Å². The van der Waals surface area contributed by atoms with Gasteiger partial charge in [0.1, 0.15) is 0 Å². The van der Waals surface area contributed by atoms with Crippen molar-refractivity contribution in [3.05, 3.63) is 0 Å². The van der Waals surface area contributed by atoms with Gasteiger partial charge in [0.15, 0.2) is 0 Å². The van der Waals surface area contributed by atoms with Crippen LogP contribution in [0.5, 0.6) is 0 Å². The summed E-state index contributed by atoms with van der Waals surface area (Å²) in [6, 6.07) is 0. The van der Waals surface area contributed by atoms with Crippen LogP contribution < -0.4 is 0 Å². The van der Waals surface area contributed by atoms with Crippen LogP contribution in [0.2, 0.25) is 0 Å².